The van der Waals surface area contributed by atoms with Gasteiger partial charge in [-0.25, -0.2) is 8.42 Å². The van der Waals surface area contributed by atoms with Gasteiger partial charge >= 0.3 is 0 Å². The summed E-state index contributed by atoms with van der Waals surface area (Å²) in [5.41, 5.74) is 1.99. The highest BCUT2D eigenvalue weighted by Crippen LogP contribution is 2.21. The molecule has 0 radical (unpaired) electrons. The number of nitrogens with one attached hydrogen (secondary N) is 1. The summed E-state index contributed by atoms with van der Waals surface area (Å²) < 4.78 is 26.5. The van der Waals surface area contributed by atoms with E-state index in [1.165, 1.54) is 9.71 Å². The van der Waals surface area contributed by atoms with Crippen molar-refractivity contribution in [2.24, 2.45) is 11.8 Å². The summed E-state index contributed by atoms with van der Waals surface area (Å²) in [5.74, 6) is 0.313. The van der Waals surface area contributed by atoms with Crippen LogP contribution < -0.4 is 5.32 Å². The van der Waals surface area contributed by atoms with Gasteiger partial charge in [-0.2, -0.15) is 4.31 Å². The zero-order valence-corrected chi connectivity index (χ0v) is 16.9. The Bertz CT molecular complexity index is 731. The molecule has 0 aromatic heterocycles. The van der Waals surface area contributed by atoms with Gasteiger partial charge in [0, 0.05) is 30.5 Å². The van der Waals surface area contributed by atoms with Gasteiger partial charge in [0.1, 0.15) is 0 Å². The maximum Gasteiger partial charge on any atom is 0.236 e. The molecule has 1 fully saturated rings. The molecular formula is C20H30N2O3S. The van der Waals surface area contributed by atoms with Crippen LogP contribution in [0.25, 0.3) is 6.08 Å². The first kappa shape index (κ1) is 20.6. The third kappa shape index (κ3) is 5.68. The van der Waals surface area contributed by atoms with Gasteiger partial charge in [0.25, 0.3) is 0 Å². The van der Waals surface area contributed by atoms with Crippen LogP contribution in [0.15, 0.2) is 29.7 Å². The fourth-order valence-corrected chi connectivity index (χ4v) is 4.03. The van der Waals surface area contributed by atoms with Crippen molar-refractivity contribution in [1.82, 2.24) is 9.62 Å². The van der Waals surface area contributed by atoms with E-state index in [0.717, 1.165) is 11.1 Å². The van der Waals surface area contributed by atoms with Crippen molar-refractivity contribution < 1.29 is 13.2 Å². The van der Waals surface area contributed by atoms with Gasteiger partial charge in [-0.15, -0.1) is 0 Å². The largest absolute Gasteiger partial charge is 0.353 e. The summed E-state index contributed by atoms with van der Waals surface area (Å²) in [6.45, 7) is 8.90. The van der Waals surface area contributed by atoms with E-state index in [1.54, 1.807) is 6.08 Å². The van der Waals surface area contributed by atoms with Crippen molar-refractivity contribution in [2.45, 2.75) is 46.6 Å². The summed E-state index contributed by atoms with van der Waals surface area (Å²) in [4.78, 5) is 12.3. The maximum atomic E-state index is 12.5. The van der Waals surface area contributed by atoms with Crippen molar-refractivity contribution in [3.05, 3.63) is 40.8 Å². The molecule has 2 rings (SSSR count). The van der Waals surface area contributed by atoms with E-state index in [0.29, 0.717) is 31.8 Å². The minimum absolute atomic E-state index is 0.0402. The molecule has 1 aliphatic heterocycles. The predicted molar refractivity (Wildman–Crippen MR) is 106 cm³/mol. The highest BCUT2D eigenvalue weighted by Gasteiger charge is 2.30. The Hall–Kier alpha value is -1.66. The van der Waals surface area contributed by atoms with Crippen molar-refractivity contribution in [3.8, 4) is 0 Å². The van der Waals surface area contributed by atoms with Crippen LogP contribution in [0.3, 0.4) is 0 Å². The fraction of sp³-hybridized carbons (Fsp3) is 0.550. The lowest BCUT2D eigenvalue weighted by atomic mass is 9.96. The molecule has 1 aromatic rings. The molecule has 1 unspecified atom stereocenters. The summed E-state index contributed by atoms with van der Waals surface area (Å²) in [5, 5.41) is 4.30. The molecule has 0 bridgehead atoms. The Labute approximate surface area is 157 Å². The van der Waals surface area contributed by atoms with Gasteiger partial charge in [0.2, 0.25) is 15.9 Å². The molecular weight excluding hydrogens is 348 g/mol. The fourth-order valence-electron chi connectivity index (χ4n) is 2.81. The number of piperidine rings is 1. The standard InChI is InChI=1S/C20H30N2O3S/c1-15(2)17(4)21-20(23)19-9-12-22(13-10-19)26(24,25)14-11-18-7-5-16(3)6-8-18/h5-8,11,14-15,17,19H,9-10,12-13H2,1-4H3,(H,21,23)/b14-11+. The monoisotopic (exact) mass is 378 g/mol. The van der Waals surface area contributed by atoms with Gasteiger partial charge < -0.3 is 5.32 Å². The molecule has 1 atom stereocenters. The molecule has 144 valence electrons. The van der Waals surface area contributed by atoms with Crippen LogP contribution in [0.5, 0.6) is 0 Å². The van der Waals surface area contributed by atoms with Gasteiger partial charge in [-0.1, -0.05) is 43.7 Å². The van der Waals surface area contributed by atoms with Crippen LogP contribution >= 0.6 is 0 Å². The number of nitrogens with zero attached hydrogens (tertiary/aromatic N) is 1. The second kappa shape index (κ2) is 8.82. The Balaban J connectivity index is 1.91. The number of benzene rings is 1. The number of hydrogen-bond acceptors (Lipinski definition) is 3. The van der Waals surface area contributed by atoms with E-state index in [-0.39, 0.29) is 17.9 Å². The zero-order chi connectivity index (χ0) is 19.3. The molecule has 1 aromatic carbocycles. The molecule has 0 saturated carbocycles. The predicted octanol–water partition coefficient (Wildman–Crippen LogP) is 3.17. The van der Waals surface area contributed by atoms with E-state index in [4.69, 9.17) is 0 Å². The topological polar surface area (TPSA) is 66.5 Å². The Morgan fingerprint density at radius 2 is 1.73 bits per heavy atom. The van der Waals surface area contributed by atoms with Crippen LogP contribution in [-0.2, 0) is 14.8 Å². The molecule has 5 nitrogen and oxygen atoms in total. The van der Waals surface area contributed by atoms with E-state index in [9.17, 15) is 13.2 Å². The summed E-state index contributed by atoms with van der Waals surface area (Å²) in [6.07, 6.45) is 2.75. The molecule has 6 heteroatoms. The second-order valence-corrected chi connectivity index (χ2v) is 9.29. The first-order valence-electron chi connectivity index (χ1n) is 9.24. The summed E-state index contributed by atoms with van der Waals surface area (Å²) in [7, 11) is -3.46. The third-order valence-corrected chi connectivity index (χ3v) is 6.63. The van der Waals surface area contributed by atoms with Gasteiger partial charge in [-0.3, -0.25) is 4.79 Å². The van der Waals surface area contributed by atoms with Crippen molar-refractivity contribution in [3.63, 3.8) is 0 Å². The van der Waals surface area contributed by atoms with Crippen LogP contribution in [0.1, 0.15) is 44.7 Å². The van der Waals surface area contributed by atoms with E-state index in [1.807, 2.05) is 38.1 Å². The lowest BCUT2D eigenvalue weighted by Crippen LogP contribution is -2.45. The second-order valence-electron chi connectivity index (χ2n) is 7.47. The van der Waals surface area contributed by atoms with Crippen LogP contribution in [0.4, 0.5) is 0 Å². The molecule has 1 aliphatic rings. The first-order chi connectivity index (χ1) is 12.2. The number of sulfonamides is 1. The lowest BCUT2D eigenvalue weighted by Gasteiger charge is -2.30. The van der Waals surface area contributed by atoms with Crippen molar-refractivity contribution in [1.29, 1.82) is 0 Å². The number of hydrogen-bond donors (Lipinski definition) is 1. The number of rotatable bonds is 6. The maximum absolute atomic E-state index is 12.5. The molecule has 1 heterocycles. The van der Waals surface area contributed by atoms with Gasteiger partial charge in [0.15, 0.2) is 0 Å². The number of aryl methyl sites for hydroxylation is 1. The molecule has 0 spiro atoms. The molecule has 1 N–H and O–H groups in total. The summed E-state index contributed by atoms with van der Waals surface area (Å²) in [6, 6.07) is 7.83. The highest BCUT2D eigenvalue weighted by molar-refractivity contribution is 7.92. The smallest absolute Gasteiger partial charge is 0.236 e. The normalized spacial score (nSPS) is 18.3. The van der Waals surface area contributed by atoms with Crippen molar-refractivity contribution in [2.75, 3.05) is 13.1 Å². The SMILES string of the molecule is Cc1ccc(/C=C/S(=O)(=O)N2CCC(C(=O)NC(C)C(C)C)CC2)cc1. The lowest BCUT2D eigenvalue weighted by molar-refractivity contribution is -0.127. The third-order valence-electron chi connectivity index (χ3n) is 5.06. The average Bonchev–Trinajstić information content (AvgIpc) is 2.61. The van der Waals surface area contributed by atoms with Gasteiger partial charge in [0.05, 0.1) is 0 Å². The molecule has 1 saturated heterocycles. The van der Waals surface area contributed by atoms with Crippen LogP contribution in [0.2, 0.25) is 0 Å². The molecule has 1 amide bonds. The van der Waals surface area contributed by atoms with E-state index < -0.39 is 10.0 Å². The minimum Gasteiger partial charge on any atom is -0.353 e. The van der Waals surface area contributed by atoms with Gasteiger partial charge in [-0.05, 0) is 44.2 Å². The quantitative estimate of drug-likeness (QED) is 0.827. The van der Waals surface area contributed by atoms with Crippen molar-refractivity contribution >= 4 is 22.0 Å². The van der Waals surface area contributed by atoms with Crippen LogP contribution in [-0.4, -0.2) is 37.8 Å². The van der Waals surface area contributed by atoms with E-state index >= 15 is 0 Å². The number of amides is 1. The Morgan fingerprint density at radius 1 is 1.15 bits per heavy atom. The summed E-state index contributed by atoms with van der Waals surface area (Å²) >= 11 is 0. The molecule has 0 aliphatic carbocycles. The Kier molecular flexibility index (Phi) is 7.01. The zero-order valence-electron chi connectivity index (χ0n) is 16.1. The average molecular weight is 379 g/mol. The highest BCUT2D eigenvalue weighted by atomic mass is 32.2. The van der Waals surface area contributed by atoms with Crippen LogP contribution in [0, 0.1) is 18.8 Å². The minimum atomic E-state index is -3.46. The number of carbonyl (C=O) groups is 1. The Morgan fingerprint density at radius 3 is 2.27 bits per heavy atom. The molecule has 26 heavy (non-hydrogen) atoms. The first-order valence-corrected chi connectivity index (χ1v) is 10.7. The van der Waals surface area contributed by atoms with E-state index in [2.05, 4.69) is 19.2 Å². The number of carbonyl (C=O) groups excluding carboxylic acids is 1.